The Balaban J connectivity index is 2.00. The van der Waals surface area contributed by atoms with Crippen LogP contribution in [0, 0.1) is 5.92 Å². The van der Waals surface area contributed by atoms with Crippen LogP contribution in [0.25, 0.3) is 0 Å². The lowest BCUT2D eigenvalue weighted by molar-refractivity contribution is -0.0154. The van der Waals surface area contributed by atoms with E-state index < -0.39 is 0 Å². The molecule has 2 rings (SSSR count). The number of hydrogen-bond donors (Lipinski definition) is 1. The predicted octanol–water partition coefficient (Wildman–Crippen LogP) is 1.33. The Kier molecular flexibility index (Phi) is 1.90. The molecule has 2 heteroatoms. The molecule has 2 fully saturated rings. The Morgan fingerprint density at radius 2 is 2.00 bits per heavy atom. The zero-order chi connectivity index (χ0) is 7.73. The molecule has 64 valence electrons. The first-order valence-corrected chi connectivity index (χ1v) is 4.61. The molecule has 0 aromatic heterocycles. The summed E-state index contributed by atoms with van der Waals surface area (Å²) in [6.45, 7) is 1.64. The molecule has 0 spiro atoms. The van der Waals surface area contributed by atoms with Gasteiger partial charge in [0.25, 0.3) is 0 Å². The van der Waals surface area contributed by atoms with Crippen LogP contribution >= 0.6 is 0 Å². The van der Waals surface area contributed by atoms with Gasteiger partial charge in [0.15, 0.2) is 0 Å². The molecule has 0 unspecified atom stereocenters. The number of hydrogen-bond acceptors (Lipinski definition) is 2. The highest BCUT2D eigenvalue weighted by molar-refractivity contribution is 4.92. The zero-order valence-corrected chi connectivity index (χ0v) is 6.88. The molecule has 0 aromatic carbocycles. The van der Waals surface area contributed by atoms with Crippen LogP contribution in [0.3, 0.4) is 0 Å². The normalized spacial score (nSPS) is 36.3. The van der Waals surface area contributed by atoms with E-state index >= 15 is 0 Å². The third-order valence-electron chi connectivity index (χ3n) is 3.16. The number of rotatable bonds is 1. The van der Waals surface area contributed by atoms with Crippen molar-refractivity contribution in [3.63, 3.8) is 0 Å². The highest BCUT2D eigenvalue weighted by Gasteiger charge is 2.40. The topological polar surface area (TPSA) is 29.5 Å². The fourth-order valence-corrected chi connectivity index (χ4v) is 2.35. The maximum Gasteiger partial charge on any atom is 0.0698 e. The van der Waals surface area contributed by atoms with E-state index in [1.165, 1.54) is 12.8 Å². The maximum absolute atomic E-state index is 10.1. The van der Waals surface area contributed by atoms with Gasteiger partial charge in [0.1, 0.15) is 0 Å². The van der Waals surface area contributed by atoms with Gasteiger partial charge >= 0.3 is 0 Å². The van der Waals surface area contributed by atoms with Crippen molar-refractivity contribution in [3.8, 4) is 0 Å². The van der Waals surface area contributed by atoms with Crippen molar-refractivity contribution in [1.29, 1.82) is 0 Å². The van der Waals surface area contributed by atoms with Crippen LogP contribution in [0.4, 0.5) is 0 Å². The summed E-state index contributed by atoms with van der Waals surface area (Å²) in [5.41, 5.74) is -0.351. The molecule has 1 saturated carbocycles. The van der Waals surface area contributed by atoms with Gasteiger partial charge in [0.2, 0.25) is 0 Å². The summed E-state index contributed by atoms with van der Waals surface area (Å²) in [5, 5.41) is 10.1. The third-order valence-corrected chi connectivity index (χ3v) is 3.16. The molecule has 1 atom stereocenters. The van der Waals surface area contributed by atoms with Gasteiger partial charge in [0, 0.05) is 12.5 Å². The molecule has 1 N–H and O–H groups in total. The average Bonchev–Trinajstić information content (AvgIpc) is 2.55. The molecule has 0 amide bonds. The lowest BCUT2D eigenvalue weighted by Gasteiger charge is -2.27. The van der Waals surface area contributed by atoms with Crippen molar-refractivity contribution in [2.24, 2.45) is 5.92 Å². The Morgan fingerprint density at radius 1 is 1.27 bits per heavy atom. The van der Waals surface area contributed by atoms with E-state index in [0.717, 1.165) is 32.5 Å². The van der Waals surface area contributed by atoms with Crippen LogP contribution in [-0.4, -0.2) is 23.9 Å². The summed E-state index contributed by atoms with van der Waals surface area (Å²) in [5.74, 6) is 0.435. The first-order chi connectivity index (χ1) is 5.31. The molecule has 1 heterocycles. The fraction of sp³-hybridized carbons (Fsp3) is 1.00. The Morgan fingerprint density at radius 3 is 2.55 bits per heavy atom. The van der Waals surface area contributed by atoms with Crippen molar-refractivity contribution in [1.82, 2.24) is 0 Å². The second kappa shape index (κ2) is 2.76. The van der Waals surface area contributed by atoms with Gasteiger partial charge < -0.3 is 9.84 Å². The summed E-state index contributed by atoms with van der Waals surface area (Å²) < 4.78 is 5.27. The van der Waals surface area contributed by atoms with Crippen LogP contribution in [0.1, 0.15) is 32.1 Å². The van der Waals surface area contributed by atoms with Crippen LogP contribution in [0.5, 0.6) is 0 Å². The molecule has 2 aliphatic rings. The molecule has 2 nitrogen and oxygen atoms in total. The van der Waals surface area contributed by atoms with Gasteiger partial charge in [-0.1, -0.05) is 12.8 Å². The van der Waals surface area contributed by atoms with Gasteiger partial charge in [-0.3, -0.25) is 0 Å². The van der Waals surface area contributed by atoms with Gasteiger partial charge in [-0.2, -0.15) is 0 Å². The molecular formula is C9H16O2. The van der Waals surface area contributed by atoms with Crippen molar-refractivity contribution < 1.29 is 9.84 Å². The standard InChI is InChI=1S/C9H16O2/c10-9(4-1-2-5-9)8-3-6-11-7-8/h8,10H,1-7H2/t8-/m1/s1. The lowest BCUT2D eigenvalue weighted by atomic mass is 9.85. The highest BCUT2D eigenvalue weighted by atomic mass is 16.5. The highest BCUT2D eigenvalue weighted by Crippen LogP contribution is 2.39. The number of aliphatic hydroxyl groups is 1. The molecular weight excluding hydrogens is 140 g/mol. The second-order valence-electron chi connectivity index (χ2n) is 3.87. The summed E-state index contributed by atoms with van der Waals surface area (Å²) in [7, 11) is 0. The van der Waals surface area contributed by atoms with Gasteiger partial charge in [-0.25, -0.2) is 0 Å². The minimum Gasteiger partial charge on any atom is -0.390 e. The molecule has 0 aromatic rings. The van der Waals surface area contributed by atoms with Crippen LogP contribution in [0.15, 0.2) is 0 Å². The van der Waals surface area contributed by atoms with Crippen molar-refractivity contribution in [2.75, 3.05) is 13.2 Å². The first kappa shape index (κ1) is 7.56. The van der Waals surface area contributed by atoms with Crippen LogP contribution < -0.4 is 0 Å². The Bertz CT molecular complexity index is 132. The minimum absolute atomic E-state index is 0.351. The maximum atomic E-state index is 10.1. The van der Waals surface area contributed by atoms with E-state index in [0.29, 0.717) is 5.92 Å². The molecule has 1 aliphatic heterocycles. The van der Waals surface area contributed by atoms with Gasteiger partial charge in [-0.15, -0.1) is 0 Å². The lowest BCUT2D eigenvalue weighted by Crippen LogP contribution is -2.34. The quantitative estimate of drug-likeness (QED) is 0.620. The monoisotopic (exact) mass is 156 g/mol. The number of ether oxygens (including phenoxy) is 1. The summed E-state index contributed by atoms with van der Waals surface area (Å²) in [6, 6.07) is 0. The third kappa shape index (κ3) is 1.30. The minimum atomic E-state index is -0.351. The molecule has 0 bridgehead atoms. The van der Waals surface area contributed by atoms with E-state index in [1.54, 1.807) is 0 Å². The summed E-state index contributed by atoms with van der Waals surface area (Å²) in [4.78, 5) is 0. The summed E-state index contributed by atoms with van der Waals surface area (Å²) in [6.07, 6.45) is 5.47. The average molecular weight is 156 g/mol. The van der Waals surface area contributed by atoms with Crippen molar-refractivity contribution in [2.45, 2.75) is 37.7 Å². The molecule has 0 radical (unpaired) electrons. The van der Waals surface area contributed by atoms with E-state index in [9.17, 15) is 5.11 Å². The molecule has 1 aliphatic carbocycles. The Hall–Kier alpha value is -0.0800. The molecule has 1 saturated heterocycles. The molecule has 11 heavy (non-hydrogen) atoms. The van der Waals surface area contributed by atoms with E-state index in [4.69, 9.17) is 4.74 Å². The van der Waals surface area contributed by atoms with Crippen LogP contribution in [0.2, 0.25) is 0 Å². The van der Waals surface area contributed by atoms with Gasteiger partial charge in [-0.05, 0) is 19.3 Å². The fourth-order valence-electron chi connectivity index (χ4n) is 2.35. The predicted molar refractivity (Wildman–Crippen MR) is 42.3 cm³/mol. The summed E-state index contributed by atoms with van der Waals surface area (Å²) >= 11 is 0. The second-order valence-corrected chi connectivity index (χ2v) is 3.87. The van der Waals surface area contributed by atoms with Crippen molar-refractivity contribution >= 4 is 0 Å². The van der Waals surface area contributed by atoms with Crippen molar-refractivity contribution in [3.05, 3.63) is 0 Å². The first-order valence-electron chi connectivity index (χ1n) is 4.61. The van der Waals surface area contributed by atoms with E-state index in [1.807, 2.05) is 0 Å². The Labute approximate surface area is 67.6 Å². The largest absolute Gasteiger partial charge is 0.390 e. The zero-order valence-electron chi connectivity index (χ0n) is 6.88. The van der Waals surface area contributed by atoms with Gasteiger partial charge in [0.05, 0.1) is 12.2 Å². The van der Waals surface area contributed by atoms with Crippen LogP contribution in [-0.2, 0) is 4.74 Å². The smallest absolute Gasteiger partial charge is 0.0698 e. The van der Waals surface area contributed by atoms with E-state index in [2.05, 4.69) is 0 Å². The van der Waals surface area contributed by atoms with E-state index in [-0.39, 0.29) is 5.60 Å². The SMILES string of the molecule is OC1([C@@H]2CCOC2)CCCC1.